The van der Waals surface area contributed by atoms with E-state index in [0.29, 0.717) is 5.11 Å². The van der Waals surface area contributed by atoms with Crippen LogP contribution in [0.2, 0.25) is 0 Å². The van der Waals surface area contributed by atoms with Gasteiger partial charge in [0.15, 0.2) is 10.6 Å². The highest BCUT2D eigenvalue weighted by Crippen LogP contribution is 2.14. The molecule has 0 aliphatic carbocycles. The van der Waals surface area contributed by atoms with Crippen molar-refractivity contribution in [1.82, 2.24) is 10.3 Å². The van der Waals surface area contributed by atoms with Gasteiger partial charge in [0.05, 0.1) is 5.69 Å². The number of thiol groups is 1. The Morgan fingerprint density at radius 2 is 2.18 bits per heavy atom. The van der Waals surface area contributed by atoms with Gasteiger partial charge in [-0.25, -0.2) is 10.0 Å². The summed E-state index contributed by atoms with van der Waals surface area (Å²) in [6.45, 7) is 2.03. The third kappa shape index (κ3) is 2.89. The maximum absolute atomic E-state index is 5.04. The van der Waals surface area contributed by atoms with Gasteiger partial charge in [-0.15, -0.1) is 12.6 Å². The number of rotatable bonds is 3. The Hall–Kier alpha value is -1.27. The lowest BCUT2D eigenvalue weighted by Gasteiger charge is -2.35. The summed E-state index contributed by atoms with van der Waals surface area (Å²) in [7, 11) is 0. The number of aliphatic imine (C=N–C) groups is 1. The highest BCUT2D eigenvalue weighted by Gasteiger charge is 2.23. The van der Waals surface area contributed by atoms with Gasteiger partial charge in [0.2, 0.25) is 0 Å². The minimum Gasteiger partial charge on any atom is -0.331 e. The zero-order valence-corrected chi connectivity index (χ0v) is 11.1. The molecule has 0 fully saturated rings. The molecule has 2 N–H and O–H groups in total. The highest BCUT2D eigenvalue weighted by molar-refractivity contribution is 7.81. The Labute approximate surface area is 111 Å². The van der Waals surface area contributed by atoms with Crippen LogP contribution in [0.1, 0.15) is 13.3 Å². The quantitative estimate of drug-likeness (QED) is 0.579. The maximum Gasteiger partial charge on any atom is 0.196 e. The molecule has 0 saturated carbocycles. The second kappa shape index (κ2) is 5.37. The van der Waals surface area contributed by atoms with E-state index in [-0.39, 0.29) is 5.50 Å². The van der Waals surface area contributed by atoms with Gasteiger partial charge in [-0.05, 0) is 24.4 Å². The van der Waals surface area contributed by atoms with E-state index in [2.05, 4.69) is 28.4 Å². The van der Waals surface area contributed by atoms with Crippen molar-refractivity contribution < 1.29 is 0 Å². The van der Waals surface area contributed by atoms with E-state index in [4.69, 9.17) is 12.2 Å². The van der Waals surface area contributed by atoms with Crippen molar-refractivity contribution in [1.29, 1.82) is 0 Å². The summed E-state index contributed by atoms with van der Waals surface area (Å²) in [5.74, 6) is 0.873. The number of hydrazine groups is 1. The van der Waals surface area contributed by atoms with Gasteiger partial charge in [-0.2, -0.15) is 0 Å². The fourth-order valence-electron chi connectivity index (χ4n) is 1.55. The van der Waals surface area contributed by atoms with E-state index >= 15 is 0 Å². The first-order valence-electron chi connectivity index (χ1n) is 5.37. The molecule has 17 heavy (non-hydrogen) atoms. The van der Waals surface area contributed by atoms with Crippen molar-refractivity contribution >= 4 is 41.5 Å². The lowest BCUT2D eigenvalue weighted by Crippen LogP contribution is -2.53. The van der Waals surface area contributed by atoms with Crippen LogP contribution in [0.4, 0.5) is 5.69 Å². The molecule has 4 nitrogen and oxygen atoms in total. The molecule has 1 aromatic rings. The minimum atomic E-state index is -0.213. The smallest absolute Gasteiger partial charge is 0.196 e. The van der Waals surface area contributed by atoms with Crippen molar-refractivity contribution in [3.05, 3.63) is 30.3 Å². The van der Waals surface area contributed by atoms with Crippen LogP contribution in [-0.2, 0) is 0 Å². The second-order valence-electron chi connectivity index (χ2n) is 3.55. The fraction of sp³-hybridized carbons (Fsp3) is 0.273. The van der Waals surface area contributed by atoms with E-state index < -0.39 is 0 Å². The molecule has 90 valence electrons. The van der Waals surface area contributed by atoms with Crippen LogP contribution < -0.4 is 10.7 Å². The number of amidine groups is 1. The van der Waals surface area contributed by atoms with Crippen LogP contribution >= 0.6 is 24.8 Å². The monoisotopic (exact) mass is 266 g/mol. The summed E-state index contributed by atoms with van der Waals surface area (Å²) in [5, 5.41) is 5.33. The van der Waals surface area contributed by atoms with Gasteiger partial charge in [0.25, 0.3) is 0 Å². The lowest BCUT2D eigenvalue weighted by atomic mass is 10.3. The summed E-state index contributed by atoms with van der Waals surface area (Å²) in [4.78, 5) is 4.28. The number of anilines is 1. The Balaban J connectivity index is 2.19. The van der Waals surface area contributed by atoms with E-state index in [1.165, 1.54) is 0 Å². The minimum absolute atomic E-state index is 0.213. The number of nitrogens with one attached hydrogen (secondary N) is 2. The first-order chi connectivity index (χ1) is 8.20. The molecular formula is C11H14N4S2. The Kier molecular flexibility index (Phi) is 3.86. The zero-order valence-electron chi connectivity index (χ0n) is 9.42. The van der Waals surface area contributed by atoms with Crippen LogP contribution in [0.5, 0.6) is 0 Å². The van der Waals surface area contributed by atoms with Gasteiger partial charge in [-0.1, -0.05) is 25.1 Å². The number of hydrogen-bond donors (Lipinski definition) is 3. The molecule has 0 bridgehead atoms. The van der Waals surface area contributed by atoms with E-state index in [9.17, 15) is 0 Å². The number of hydrogen-bond acceptors (Lipinski definition) is 4. The summed E-state index contributed by atoms with van der Waals surface area (Å²) >= 11 is 9.48. The molecule has 0 radical (unpaired) electrons. The van der Waals surface area contributed by atoms with E-state index in [0.717, 1.165) is 17.9 Å². The molecule has 6 heteroatoms. The molecule has 0 amide bonds. The number of nitrogens with zero attached hydrogens (tertiary/aromatic N) is 2. The highest BCUT2D eigenvalue weighted by atomic mass is 32.1. The predicted molar refractivity (Wildman–Crippen MR) is 78.1 cm³/mol. The first-order valence-corrected chi connectivity index (χ1v) is 6.30. The molecule has 0 saturated heterocycles. The average Bonchev–Trinajstić information content (AvgIpc) is 2.33. The summed E-state index contributed by atoms with van der Waals surface area (Å²) in [6.07, 6.45) is 0.790. The number of thiocarbonyl (C=S) groups is 1. The molecule has 0 aromatic heterocycles. The van der Waals surface area contributed by atoms with Gasteiger partial charge in [0, 0.05) is 6.42 Å². The van der Waals surface area contributed by atoms with Crippen molar-refractivity contribution in [3.8, 4) is 0 Å². The zero-order chi connectivity index (χ0) is 12.3. The van der Waals surface area contributed by atoms with E-state index in [1.54, 1.807) is 0 Å². The molecule has 1 heterocycles. The van der Waals surface area contributed by atoms with Gasteiger partial charge in [-0.3, -0.25) is 5.43 Å². The summed E-state index contributed by atoms with van der Waals surface area (Å²) in [5.41, 5.74) is 4.03. The van der Waals surface area contributed by atoms with Crippen molar-refractivity contribution in [3.63, 3.8) is 0 Å². The molecule has 1 atom stereocenters. The SMILES string of the molecule is CCC1=NC(=S)NC(S)N1Nc1ccccc1. The predicted octanol–water partition coefficient (Wildman–Crippen LogP) is 2.23. The van der Waals surface area contributed by atoms with Crippen LogP contribution in [-0.4, -0.2) is 21.5 Å². The number of benzene rings is 1. The lowest BCUT2D eigenvalue weighted by molar-refractivity contribution is 0.431. The normalized spacial score (nSPS) is 19.6. The summed E-state index contributed by atoms with van der Waals surface area (Å²) in [6, 6.07) is 9.89. The van der Waals surface area contributed by atoms with Gasteiger partial charge in [0.1, 0.15) is 5.84 Å². The van der Waals surface area contributed by atoms with Crippen molar-refractivity contribution in [2.75, 3.05) is 5.43 Å². The Morgan fingerprint density at radius 3 is 2.82 bits per heavy atom. The fourth-order valence-corrected chi connectivity index (χ4v) is 2.16. The third-order valence-electron chi connectivity index (χ3n) is 2.35. The third-order valence-corrected chi connectivity index (χ3v) is 2.91. The molecule has 0 spiro atoms. The Bertz CT molecular complexity index is 432. The topological polar surface area (TPSA) is 39.7 Å². The molecular weight excluding hydrogens is 252 g/mol. The van der Waals surface area contributed by atoms with Crippen LogP contribution in [0.25, 0.3) is 0 Å². The van der Waals surface area contributed by atoms with Crippen molar-refractivity contribution in [2.24, 2.45) is 4.99 Å². The summed E-state index contributed by atoms with van der Waals surface area (Å²) < 4.78 is 0. The van der Waals surface area contributed by atoms with Crippen LogP contribution in [0.15, 0.2) is 35.3 Å². The van der Waals surface area contributed by atoms with Gasteiger partial charge >= 0.3 is 0 Å². The molecule has 1 aliphatic rings. The van der Waals surface area contributed by atoms with Crippen LogP contribution in [0, 0.1) is 0 Å². The van der Waals surface area contributed by atoms with Crippen LogP contribution in [0.3, 0.4) is 0 Å². The van der Waals surface area contributed by atoms with E-state index in [1.807, 2.05) is 42.3 Å². The first kappa shape index (κ1) is 12.2. The molecule has 1 aromatic carbocycles. The molecule has 1 unspecified atom stereocenters. The average molecular weight is 266 g/mol. The molecule has 1 aliphatic heterocycles. The van der Waals surface area contributed by atoms with Crippen molar-refractivity contribution in [2.45, 2.75) is 18.8 Å². The van der Waals surface area contributed by atoms with Gasteiger partial charge < -0.3 is 5.32 Å². The number of para-hydroxylation sites is 1. The standard InChI is InChI=1S/C11H14N4S2/c1-2-9-12-10(16)13-11(17)15(9)14-8-6-4-3-5-7-8/h3-7,11,14,17H,2H2,1H3,(H,13,16). The largest absolute Gasteiger partial charge is 0.331 e. The maximum atomic E-state index is 5.04. The Morgan fingerprint density at radius 1 is 1.47 bits per heavy atom. The molecule has 2 rings (SSSR count). The second-order valence-corrected chi connectivity index (χ2v) is 4.43.